The summed E-state index contributed by atoms with van der Waals surface area (Å²) in [5.74, 6) is -0.278. The Bertz CT molecular complexity index is 488. The minimum absolute atomic E-state index is 0.0900. The Morgan fingerprint density at radius 3 is 2.60 bits per heavy atom. The quantitative estimate of drug-likeness (QED) is 0.612. The molecule has 0 aliphatic rings. The minimum Gasteiger partial charge on any atom is -0.395 e. The molecule has 1 N–H and O–H groups in total. The van der Waals surface area contributed by atoms with E-state index in [-0.39, 0.29) is 24.7 Å². The second kappa shape index (κ2) is 7.59. The van der Waals surface area contributed by atoms with Gasteiger partial charge in [0.05, 0.1) is 11.5 Å². The van der Waals surface area contributed by atoms with Gasteiger partial charge in [-0.3, -0.25) is 14.9 Å². The number of hydrogen-bond donors (Lipinski definition) is 1. The molecule has 6 heteroatoms. The first-order chi connectivity index (χ1) is 9.49. The number of benzene rings is 1. The zero-order valence-electron chi connectivity index (χ0n) is 11.8. The van der Waals surface area contributed by atoms with Crippen LogP contribution in [0.1, 0.15) is 35.7 Å². The van der Waals surface area contributed by atoms with Crippen LogP contribution in [0.25, 0.3) is 0 Å². The van der Waals surface area contributed by atoms with Crippen LogP contribution >= 0.6 is 0 Å². The first-order valence-corrected chi connectivity index (χ1v) is 6.65. The molecule has 0 saturated heterocycles. The number of aliphatic hydroxyl groups excluding tert-OH is 1. The Morgan fingerprint density at radius 2 is 2.05 bits per heavy atom. The van der Waals surface area contributed by atoms with E-state index in [4.69, 9.17) is 5.11 Å². The number of carbonyl (C=O) groups is 1. The van der Waals surface area contributed by atoms with Crippen molar-refractivity contribution >= 4 is 11.6 Å². The van der Waals surface area contributed by atoms with Crippen molar-refractivity contribution in [2.75, 3.05) is 19.7 Å². The molecule has 110 valence electrons. The average molecular weight is 280 g/mol. The molecule has 1 rings (SSSR count). The molecular formula is C14H20N2O4. The summed E-state index contributed by atoms with van der Waals surface area (Å²) >= 11 is 0. The fraction of sp³-hybridized carbons (Fsp3) is 0.500. The average Bonchev–Trinajstić information content (AvgIpc) is 2.42. The molecule has 0 unspecified atom stereocenters. The van der Waals surface area contributed by atoms with Gasteiger partial charge in [0.2, 0.25) is 0 Å². The molecule has 0 aliphatic carbocycles. The molecule has 1 aromatic rings. The molecule has 0 aromatic heterocycles. The summed E-state index contributed by atoms with van der Waals surface area (Å²) < 4.78 is 0. The van der Waals surface area contributed by atoms with Crippen molar-refractivity contribution in [3.63, 3.8) is 0 Å². The van der Waals surface area contributed by atoms with Crippen molar-refractivity contribution in [2.45, 2.75) is 26.7 Å². The number of aliphatic hydroxyl groups is 1. The normalized spacial score (nSPS) is 10.3. The Hall–Kier alpha value is -1.95. The highest BCUT2D eigenvalue weighted by Gasteiger charge is 2.18. The standard InChI is InChI=1S/C14H20N2O4/c1-3-4-5-15(6-7-17)14(18)12-8-11(2)9-13(10-12)16(19)20/h8-10,17H,3-7H2,1-2H3. The number of amides is 1. The van der Waals surface area contributed by atoms with Gasteiger partial charge in [0, 0.05) is 30.8 Å². The highest BCUT2D eigenvalue weighted by Crippen LogP contribution is 2.18. The van der Waals surface area contributed by atoms with Crippen LogP contribution in [0.3, 0.4) is 0 Å². The molecule has 6 nitrogen and oxygen atoms in total. The molecule has 0 radical (unpaired) electrons. The van der Waals surface area contributed by atoms with E-state index in [0.717, 1.165) is 12.8 Å². The fourth-order valence-electron chi connectivity index (χ4n) is 1.96. The second-order valence-electron chi connectivity index (χ2n) is 4.68. The van der Waals surface area contributed by atoms with Gasteiger partial charge in [0.15, 0.2) is 0 Å². The molecular weight excluding hydrogens is 260 g/mol. The van der Waals surface area contributed by atoms with Crippen LogP contribution in [0.4, 0.5) is 5.69 Å². The molecule has 0 fully saturated rings. The molecule has 0 heterocycles. The van der Waals surface area contributed by atoms with Crippen molar-refractivity contribution in [1.82, 2.24) is 4.90 Å². The number of unbranched alkanes of at least 4 members (excludes halogenated alkanes) is 1. The lowest BCUT2D eigenvalue weighted by molar-refractivity contribution is -0.384. The maximum atomic E-state index is 12.4. The van der Waals surface area contributed by atoms with Crippen LogP contribution in [-0.4, -0.2) is 40.5 Å². The number of non-ortho nitro benzene ring substituents is 1. The third-order valence-corrected chi connectivity index (χ3v) is 2.96. The van der Waals surface area contributed by atoms with Crippen LogP contribution in [0.5, 0.6) is 0 Å². The summed E-state index contributed by atoms with van der Waals surface area (Å²) in [4.78, 5) is 24.2. The summed E-state index contributed by atoms with van der Waals surface area (Å²) in [6.07, 6.45) is 1.77. The van der Waals surface area contributed by atoms with Gasteiger partial charge in [-0.2, -0.15) is 0 Å². The van der Waals surface area contributed by atoms with Crippen molar-refractivity contribution in [3.05, 3.63) is 39.4 Å². The van der Waals surface area contributed by atoms with E-state index in [0.29, 0.717) is 17.7 Å². The number of hydrogen-bond acceptors (Lipinski definition) is 4. The van der Waals surface area contributed by atoms with Crippen LogP contribution < -0.4 is 0 Å². The van der Waals surface area contributed by atoms with E-state index in [1.807, 2.05) is 6.92 Å². The van der Waals surface area contributed by atoms with Crippen LogP contribution in [0.15, 0.2) is 18.2 Å². The van der Waals surface area contributed by atoms with Crippen LogP contribution in [0, 0.1) is 17.0 Å². The largest absolute Gasteiger partial charge is 0.395 e. The maximum Gasteiger partial charge on any atom is 0.270 e. The monoisotopic (exact) mass is 280 g/mol. The van der Waals surface area contributed by atoms with Crippen LogP contribution in [0.2, 0.25) is 0 Å². The Kier molecular flexibility index (Phi) is 6.11. The van der Waals surface area contributed by atoms with Gasteiger partial charge in [-0.1, -0.05) is 13.3 Å². The lowest BCUT2D eigenvalue weighted by Crippen LogP contribution is -2.34. The number of nitro benzene ring substituents is 1. The predicted octanol–water partition coefficient (Wildman–Crippen LogP) is 2.14. The number of aryl methyl sites for hydroxylation is 1. The van der Waals surface area contributed by atoms with Gasteiger partial charge < -0.3 is 10.0 Å². The predicted molar refractivity (Wildman–Crippen MR) is 75.7 cm³/mol. The van der Waals surface area contributed by atoms with E-state index in [9.17, 15) is 14.9 Å². The van der Waals surface area contributed by atoms with Gasteiger partial charge in [-0.05, 0) is 25.0 Å². The van der Waals surface area contributed by atoms with E-state index < -0.39 is 4.92 Å². The van der Waals surface area contributed by atoms with Crippen LogP contribution in [-0.2, 0) is 0 Å². The number of nitro groups is 1. The third kappa shape index (κ3) is 4.31. The lowest BCUT2D eigenvalue weighted by atomic mass is 10.1. The minimum atomic E-state index is -0.508. The molecule has 20 heavy (non-hydrogen) atoms. The molecule has 0 bridgehead atoms. The van der Waals surface area contributed by atoms with Gasteiger partial charge >= 0.3 is 0 Å². The van der Waals surface area contributed by atoms with E-state index in [2.05, 4.69) is 0 Å². The van der Waals surface area contributed by atoms with Gasteiger partial charge in [-0.25, -0.2) is 0 Å². The van der Waals surface area contributed by atoms with Gasteiger partial charge in [0.1, 0.15) is 0 Å². The number of rotatable bonds is 7. The first kappa shape index (κ1) is 16.1. The van der Waals surface area contributed by atoms with E-state index >= 15 is 0 Å². The van der Waals surface area contributed by atoms with Crippen molar-refractivity contribution in [2.24, 2.45) is 0 Å². The zero-order chi connectivity index (χ0) is 15.1. The lowest BCUT2D eigenvalue weighted by Gasteiger charge is -2.21. The third-order valence-electron chi connectivity index (χ3n) is 2.96. The van der Waals surface area contributed by atoms with Gasteiger partial charge in [-0.15, -0.1) is 0 Å². The van der Waals surface area contributed by atoms with Crippen molar-refractivity contribution < 1.29 is 14.8 Å². The van der Waals surface area contributed by atoms with Crippen molar-refractivity contribution in [3.8, 4) is 0 Å². The summed E-state index contributed by atoms with van der Waals surface area (Å²) in [7, 11) is 0. The summed E-state index contributed by atoms with van der Waals surface area (Å²) in [5.41, 5.74) is 0.871. The smallest absolute Gasteiger partial charge is 0.270 e. The Morgan fingerprint density at radius 1 is 1.35 bits per heavy atom. The van der Waals surface area contributed by atoms with E-state index in [1.54, 1.807) is 13.0 Å². The molecule has 0 saturated carbocycles. The van der Waals surface area contributed by atoms with E-state index in [1.165, 1.54) is 17.0 Å². The molecule has 1 aromatic carbocycles. The molecule has 0 aliphatic heterocycles. The summed E-state index contributed by atoms with van der Waals surface area (Å²) in [5, 5.41) is 19.9. The molecule has 0 atom stereocenters. The SMILES string of the molecule is CCCCN(CCO)C(=O)c1cc(C)cc([N+](=O)[O-])c1. The summed E-state index contributed by atoms with van der Waals surface area (Å²) in [6.45, 7) is 4.38. The first-order valence-electron chi connectivity index (χ1n) is 6.65. The topological polar surface area (TPSA) is 83.7 Å². The molecule has 1 amide bonds. The highest BCUT2D eigenvalue weighted by molar-refractivity contribution is 5.95. The number of nitrogens with zero attached hydrogens (tertiary/aromatic N) is 2. The maximum absolute atomic E-state index is 12.4. The summed E-state index contributed by atoms with van der Waals surface area (Å²) in [6, 6.07) is 4.34. The number of carbonyl (C=O) groups excluding carboxylic acids is 1. The Labute approximate surface area is 118 Å². The second-order valence-corrected chi connectivity index (χ2v) is 4.68. The van der Waals surface area contributed by atoms with Gasteiger partial charge in [0.25, 0.3) is 11.6 Å². The zero-order valence-corrected chi connectivity index (χ0v) is 11.8. The highest BCUT2D eigenvalue weighted by atomic mass is 16.6. The fourth-order valence-corrected chi connectivity index (χ4v) is 1.96. The van der Waals surface area contributed by atoms with Crippen molar-refractivity contribution in [1.29, 1.82) is 0 Å². The molecule has 0 spiro atoms. The Balaban J connectivity index is 3.01.